The third-order valence-electron chi connectivity index (χ3n) is 4.24. The quantitative estimate of drug-likeness (QED) is 0.558. The molecule has 0 unspecified atom stereocenters. The van der Waals surface area contributed by atoms with E-state index in [-0.39, 0.29) is 36.5 Å². The van der Waals surface area contributed by atoms with Crippen LogP contribution in [0.15, 0.2) is 36.4 Å². The fourth-order valence-corrected chi connectivity index (χ4v) is 2.72. The number of benzene rings is 2. The number of amides is 4. The van der Waals surface area contributed by atoms with E-state index < -0.39 is 0 Å². The van der Waals surface area contributed by atoms with Gasteiger partial charge in [0.15, 0.2) is 0 Å². The molecule has 0 aromatic heterocycles. The highest BCUT2D eigenvalue weighted by atomic mass is 16.2. The Hall–Kier alpha value is -3.68. The third-order valence-corrected chi connectivity index (χ3v) is 4.24. The molecular formula is C22H26N4O4. The Labute approximate surface area is 175 Å². The molecule has 0 saturated heterocycles. The molecule has 158 valence electrons. The van der Waals surface area contributed by atoms with Gasteiger partial charge in [0.1, 0.15) is 0 Å². The summed E-state index contributed by atoms with van der Waals surface area (Å²) in [5.74, 6) is -1.02. The van der Waals surface area contributed by atoms with E-state index in [0.717, 1.165) is 11.1 Å². The van der Waals surface area contributed by atoms with E-state index in [0.29, 0.717) is 22.7 Å². The minimum atomic E-state index is -0.314. The molecule has 0 heterocycles. The van der Waals surface area contributed by atoms with Crippen LogP contribution < -0.4 is 21.3 Å². The van der Waals surface area contributed by atoms with E-state index in [4.69, 9.17) is 0 Å². The lowest BCUT2D eigenvalue weighted by Gasteiger charge is -2.11. The summed E-state index contributed by atoms with van der Waals surface area (Å²) in [6, 6.07) is 10.4. The molecule has 4 amide bonds. The standard InChI is InChI=1S/C22H26N4O4/c1-13-5-7-17(11-19(13)23-15(3)27)25-21(29)9-10-22(30)26-18-8-6-14(2)20(12-18)24-16(4)28/h5-8,11-12H,9-10H2,1-4H3,(H,23,27)(H,24,28)(H,25,29)(H,26,30). The van der Waals surface area contributed by atoms with Crippen molar-refractivity contribution in [1.82, 2.24) is 0 Å². The summed E-state index contributed by atoms with van der Waals surface area (Å²) >= 11 is 0. The largest absolute Gasteiger partial charge is 0.326 e. The van der Waals surface area contributed by atoms with Crippen molar-refractivity contribution in [3.8, 4) is 0 Å². The second-order valence-electron chi connectivity index (χ2n) is 7.02. The first-order valence-corrected chi connectivity index (χ1v) is 9.50. The van der Waals surface area contributed by atoms with Gasteiger partial charge in [-0.2, -0.15) is 0 Å². The lowest BCUT2D eigenvalue weighted by Crippen LogP contribution is -2.18. The molecule has 2 aromatic carbocycles. The monoisotopic (exact) mass is 410 g/mol. The van der Waals surface area contributed by atoms with Crippen molar-refractivity contribution in [2.45, 2.75) is 40.5 Å². The molecule has 30 heavy (non-hydrogen) atoms. The lowest BCUT2D eigenvalue weighted by molar-refractivity contribution is -0.121. The average molecular weight is 410 g/mol. The molecule has 0 saturated carbocycles. The normalized spacial score (nSPS) is 10.1. The van der Waals surface area contributed by atoms with Gasteiger partial charge in [-0.05, 0) is 49.2 Å². The predicted molar refractivity (Wildman–Crippen MR) is 117 cm³/mol. The summed E-state index contributed by atoms with van der Waals surface area (Å²) in [4.78, 5) is 46.9. The Kier molecular flexibility index (Phi) is 7.69. The van der Waals surface area contributed by atoms with Gasteiger partial charge in [0.2, 0.25) is 23.6 Å². The highest BCUT2D eigenvalue weighted by Crippen LogP contribution is 2.22. The maximum atomic E-state index is 12.2. The molecule has 0 atom stereocenters. The van der Waals surface area contributed by atoms with Gasteiger partial charge in [0.05, 0.1) is 0 Å². The van der Waals surface area contributed by atoms with Crippen molar-refractivity contribution in [2.75, 3.05) is 21.3 Å². The first-order valence-electron chi connectivity index (χ1n) is 9.50. The van der Waals surface area contributed by atoms with E-state index in [1.54, 1.807) is 36.4 Å². The topological polar surface area (TPSA) is 116 Å². The van der Waals surface area contributed by atoms with E-state index in [9.17, 15) is 19.2 Å². The Balaban J connectivity index is 1.90. The Morgan fingerprint density at radius 1 is 0.633 bits per heavy atom. The van der Waals surface area contributed by atoms with Crippen LogP contribution in [-0.4, -0.2) is 23.6 Å². The van der Waals surface area contributed by atoms with Gasteiger partial charge in [0.25, 0.3) is 0 Å². The van der Waals surface area contributed by atoms with Crippen molar-refractivity contribution >= 4 is 46.4 Å². The molecule has 2 rings (SSSR count). The van der Waals surface area contributed by atoms with Crippen LogP contribution in [0.1, 0.15) is 37.8 Å². The maximum Gasteiger partial charge on any atom is 0.224 e. The van der Waals surface area contributed by atoms with Gasteiger partial charge >= 0.3 is 0 Å². The predicted octanol–water partition coefficient (Wildman–Crippen LogP) is 3.58. The molecule has 0 aliphatic carbocycles. The highest BCUT2D eigenvalue weighted by Gasteiger charge is 2.10. The zero-order valence-corrected chi connectivity index (χ0v) is 17.5. The van der Waals surface area contributed by atoms with E-state index >= 15 is 0 Å². The first-order chi connectivity index (χ1) is 14.1. The van der Waals surface area contributed by atoms with Gasteiger partial charge in [0, 0.05) is 49.4 Å². The Bertz CT molecular complexity index is 906. The van der Waals surface area contributed by atoms with Crippen molar-refractivity contribution in [2.24, 2.45) is 0 Å². The lowest BCUT2D eigenvalue weighted by atomic mass is 10.1. The van der Waals surface area contributed by atoms with Gasteiger partial charge in [-0.1, -0.05) is 12.1 Å². The Morgan fingerprint density at radius 2 is 1.00 bits per heavy atom. The van der Waals surface area contributed by atoms with Crippen LogP contribution in [0.3, 0.4) is 0 Å². The molecule has 0 aliphatic rings. The first kappa shape index (κ1) is 22.6. The molecule has 0 bridgehead atoms. The molecule has 8 nitrogen and oxygen atoms in total. The second-order valence-corrected chi connectivity index (χ2v) is 7.02. The SMILES string of the molecule is CC(=O)Nc1cc(NC(=O)CCC(=O)Nc2ccc(C)c(NC(C)=O)c2)ccc1C. The number of carbonyl (C=O) groups is 4. The van der Waals surface area contributed by atoms with Crippen LogP contribution in [0.2, 0.25) is 0 Å². The van der Waals surface area contributed by atoms with Crippen LogP contribution in [0.25, 0.3) is 0 Å². The number of rotatable bonds is 7. The summed E-state index contributed by atoms with van der Waals surface area (Å²) in [7, 11) is 0. The van der Waals surface area contributed by atoms with Crippen LogP contribution >= 0.6 is 0 Å². The minimum absolute atomic E-state index is 0.000402. The number of hydrogen-bond donors (Lipinski definition) is 4. The Morgan fingerprint density at radius 3 is 1.33 bits per heavy atom. The fourth-order valence-electron chi connectivity index (χ4n) is 2.72. The summed E-state index contributed by atoms with van der Waals surface area (Å²) in [6.07, 6.45) is -0.000805. The van der Waals surface area contributed by atoms with Crippen molar-refractivity contribution in [1.29, 1.82) is 0 Å². The van der Waals surface area contributed by atoms with E-state index in [1.807, 2.05) is 13.8 Å². The average Bonchev–Trinajstić information content (AvgIpc) is 2.65. The van der Waals surface area contributed by atoms with Crippen LogP contribution in [-0.2, 0) is 19.2 Å². The van der Waals surface area contributed by atoms with Gasteiger partial charge in [-0.3, -0.25) is 19.2 Å². The summed E-state index contributed by atoms with van der Waals surface area (Å²) in [5, 5.41) is 10.9. The summed E-state index contributed by atoms with van der Waals surface area (Å²) in [6.45, 7) is 6.53. The molecule has 0 radical (unpaired) electrons. The van der Waals surface area contributed by atoms with Gasteiger partial charge < -0.3 is 21.3 Å². The number of anilines is 4. The highest BCUT2D eigenvalue weighted by molar-refractivity contribution is 5.98. The molecule has 2 aromatic rings. The number of hydrogen-bond acceptors (Lipinski definition) is 4. The van der Waals surface area contributed by atoms with Crippen LogP contribution in [0.4, 0.5) is 22.7 Å². The molecular weight excluding hydrogens is 384 g/mol. The zero-order chi connectivity index (χ0) is 22.3. The minimum Gasteiger partial charge on any atom is -0.326 e. The summed E-state index contributed by atoms with van der Waals surface area (Å²) in [5.41, 5.74) is 4.06. The number of nitrogens with one attached hydrogen (secondary N) is 4. The maximum absolute atomic E-state index is 12.2. The molecule has 0 aliphatic heterocycles. The van der Waals surface area contributed by atoms with Crippen molar-refractivity contribution in [3.05, 3.63) is 47.5 Å². The van der Waals surface area contributed by atoms with Gasteiger partial charge in [-0.15, -0.1) is 0 Å². The van der Waals surface area contributed by atoms with Crippen LogP contribution in [0, 0.1) is 13.8 Å². The zero-order valence-electron chi connectivity index (χ0n) is 17.5. The van der Waals surface area contributed by atoms with E-state index in [2.05, 4.69) is 21.3 Å². The fraction of sp³-hybridized carbons (Fsp3) is 0.273. The second kappa shape index (κ2) is 10.2. The molecule has 0 fully saturated rings. The molecule has 4 N–H and O–H groups in total. The van der Waals surface area contributed by atoms with Crippen molar-refractivity contribution in [3.63, 3.8) is 0 Å². The molecule has 8 heteroatoms. The van der Waals surface area contributed by atoms with Crippen LogP contribution in [0.5, 0.6) is 0 Å². The van der Waals surface area contributed by atoms with Gasteiger partial charge in [-0.25, -0.2) is 0 Å². The van der Waals surface area contributed by atoms with E-state index in [1.165, 1.54) is 13.8 Å². The third kappa shape index (κ3) is 7.05. The van der Waals surface area contributed by atoms with Crippen molar-refractivity contribution < 1.29 is 19.2 Å². The number of aryl methyl sites for hydroxylation is 2. The smallest absolute Gasteiger partial charge is 0.224 e. The molecule has 0 spiro atoms. The number of carbonyl (C=O) groups excluding carboxylic acids is 4. The summed E-state index contributed by atoms with van der Waals surface area (Å²) < 4.78 is 0.